The third-order valence-corrected chi connectivity index (χ3v) is 2.47. The van der Waals surface area contributed by atoms with Crippen molar-refractivity contribution in [1.82, 2.24) is 4.90 Å². The normalized spacial score (nSPS) is 20.5. The second-order valence-electron chi connectivity index (χ2n) is 4.56. The van der Waals surface area contributed by atoms with Gasteiger partial charge < -0.3 is 14.7 Å². The first-order valence-corrected chi connectivity index (χ1v) is 5.49. The lowest BCUT2D eigenvalue weighted by Gasteiger charge is -2.21. The van der Waals surface area contributed by atoms with Crippen molar-refractivity contribution in [3.63, 3.8) is 0 Å². The van der Waals surface area contributed by atoms with E-state index < -0.39 is 5.60 Å². The maximum atomic E-state index is 11.8. The molecule has 1 rings (SSSR count). The first-order valence-electron chi connectivity index (χ1n) is 5.49. The summed E-state index contributed by atoms with van der Waals surface area (Å²) in [5, 5.41) is 9.41. The van der Waals surface area contributed by atoms with Crippen molar-refractivity contribution in [3.05, 3.63) is 0 Å². The van der Waals surface area contributed by atoms with Gasteiger partial charge in [-0.3, -0.25) is 4.79 Å². The molecule has 1 saturated heterocycles. The molecule has 1 aliphatic heterocycles. The van der Waals surface area contributed by atoms with Crippen LogP contribution in [0.1, 0.15) is 26.7 Å². The van der Waals surface area contributed by atoms with Gasteiger partial charge in [0.05, 0.1) is 12.6 Å². The average molecular weight is 225 g/mol. The van der Waals surface area contributed by atoms with E-state index in [1.165, 1.54) is 0 Å². The number of ether oxygens (including phenoxy) is 1. The topological polar surface area (TPSA) is 49.8 Å². The van der Waals surface area contributed by atoms with Crippen molar-refractivity contribution in [2.75, 3.05) is 20.3 Å². The lowest BCUT2D eigenvalue weighted by Crippen LogP contribution is -2.37. The summed E-state index contributed by atoms with van der Waals surface area (Å²) in [5.41, 5.74) is -1.12. The molecule has 0 spiro atoms. The van der Waals surface area contributed by atoms with Crippen molar-refractivity contribution in [1.29, 1.82) is 0 Å². The Balaban J connectivity index is 2.62. The minimum Gasteiger partial charge on any atom is -0.383 e. The van der Waals surface area contributed by atoms with Crippen molar-refractivity contribution in [2.45, 2.75) is 38.3 Å². The van der Waals surface area contributed by atoms with E-state index in [4.69, 9.17) is 4.74 Å². The zero-order valence-electron chi connectivity index (χ0n) is 10.1. The maximum Gasteiger partial charge on any atom is 0.298 e. The molecule has 1 amide bonds. The van der Waals surface area contributed by atoms with Crippen LogP contribution in [0, 0.1) is 11.8 Å². The Morgan fingerprint density at radius 1 is 1.62 bits per heavy atom. The van der Waals surface area contributed by atoms with Gasteiger partial charge in [-0.2, -0.15) is 0 Å². The van der Waals surface area contributed by atoms with E-state index in [1.807, 2.05) is 0 Å². The molecule has 0 bridgehead atoms. The molecule has 0 saturated carbocycles. The number of carbonyl (C=O) groups excluding carboxylic acids is 1. The van der Waals surface area contributed by atoms with E-state index in [0.717, 1.165) is 19.4 Å². The molecular formula is C12H19NO3. The summed E-state index contributed by atoms with van der Waals surface area (Å²) < 4.78 is 5.06. The number of rotatable bonds is 2. The van der Waals surface area contributed by atoms with Gasteiger partial charge in [0, 0.05) is 13.7 Å². The highest BCUT2D eigenvalue weighted by molar-refractivity contribution is 5.94. The van der Waals surface area contributed by atoms with E-state index in [1.54, 1.807) is 25.9 Å². The van der Waals surface area contributed by atoms with Crippen LogP contribution < -0.4 is 0 Å². The van der Waals surface area contributed by atoms with Gasteiger partial charge in [0.25, 0.3) is 5.91 Å². The quantitative estimate of drug-likeness (QED) is 0.692. The van der Waals surface area contributed by atoms with Crippen LogP contribution >= 0.6 is 0 Å². The van der Waals surface area contributed by atoms with E-state index in [2.05, 4.69) is 11.8 Å². The van der Waals surface area contributed by atoms with Crippen LogP contribution in [0.4, 0.5) is 0 Å². The Hall–Kier alpha value is -1.05. The van der Waals surface area contributed by atoms with Gasteiger partial charge >= 0.3 is 0 Å². The minimum absolute atomic E-state index is 0.133. The van der Waals surface area contributed by atoms with Crippen LogP contribution in [-0.4, -0.2) is 47.8 Å². The molecule has 16 heavy (non-hydrogen) atoms. The lowest BCUT2D eigenvalue weighted by molar-refractivity contribution is -0.126. The summed E-state index contributed by atoms with van der Waals surface area (Å²) in [7, 11) is 1.63. The molecule has 90 valence electrons. The zero-order chi connectivity index (χ0) is 12.2. The second kappa shape index (κ2) is 5.33. The van der Waals surface area contributed by atoms with Crippen LogP contribution in [0.2, 0.25) is 0 Å². The smallest absolute Gasteiger partial charge is 0.298 e. The molecule has 1 atom stereocenters. The number of aliphatic hydroxyl groups is 1. The van der Waals surface area contributed by atoms with Crippen molar-refractivity contribution >= 4 is 5.91 Å². The Bertz CT molecular complexity index is 308. The van der Waals surface area contributed by atoms with Gasteiger partial charge in [0.1, 0.15) is 5.60 Å². The molecule has 1 N–H and O–H groups in total. The van der Waals surface area contributed by atoms with Crippen LogP contribution in [0.15, 0.2) is 0 Å². The molecule has 1 aliphatic rings. The molecule has 4 nitrogen and oxygen atoms in total. The first-order chi connectivity index (χ1) is 7.44. The molecule has 0 aromatic heterocycles. The summed E-state index contributed by atoms with van der Waals surface area (Å²) in [4.78, 5) is 13.5. The Kier molecular flexibility index (Phi) is 4.34. The molecule has 4 heteroatoms. The summed E-state index contributed by atoms with van der Waals surface area (Å²) >= 11 is 0. The van der Waals surface area contributed by atoms with E-state index in [0.29, 0.717) is 6.61 Å². The fraction of sp³-hybridized carbons (Fsp3) is 0.750. The average Bonchev–Trinajstić information content (AvgIpc) is 2.62. The van der Waals surface area contributed by atoms with Crippen LogP contribution in [-0.2, 0) is 9.53 Å². The predicted molar refractivity (Wildman–Crippen MR) is 60.7 cm³/mol. The largest absolute Gasteiger partial charge is 0.383 e. The molecule has 1 fully saturated rings. The number of likely N-dealkylation sites (tertiary alicyclic amines) is 1. The maximum absolute atomic E-state index is 11.8. The number of nitrogens with zero attached hydrogens (tertiary/aromatic N) is 1. The summed E-state index contributed by atoms with van der Waals surface area (Å²) in [6.45, 7) is 4.40. The van der Waals surface area contributed by atoms with Gasteiger partial charge in [-0.05, 0) is 32.6 Å². The number of hydrogen-bond acceptors (Lipinski definition) is 3. The van der Waals surface area contributed by atoms with Gasteiger partial charge in [0.2, 0.25) is 0 Å². The number of carbonyl (C=O) groups is 1. The fourth-order valence-electron chi connectivity index (χ4n) is 1.75. The Morgan fingerprint density at radius 3 is 2.88 bits per heavy atom. The summed E-state index contributed by atoms with van der Waals surface area (Å²) in [6.07, 6.45) is 1.95. The van der Waals surface area contributed by atoms with E-state index in [9.17, 15) is 9.90 Å². The molecule has 1 heterocycles. The molecule has 0 radical (unpaired) electrons. The molecule has 0 aromatic rings. The number of methoxy groups -OCH3 is 1. The van der Waals surface area contributed by atoms with E-state index in [-0.39, 0.29) is 11.9 Å². The number of hydrogen-bond donors (Lipinski definition) is 1. The third-order valence-electron chi connectivity index (χ3n) is 2.47. The van der Waals surface area contributed by atoms with Crippen molar-refractivity contribution < 1.29 is 14.6 Å². The highest BCUT2D eigenvalue weighted by atomic mass is 16.5. The highest BCUT2D eigenvalue weighted by Crippen LogP contribution is 2.17. The van der Waals surface area contributed by atoms with Crippen molar-refractivity contribution in [3.8, 4) is 11.8 Å². The second-order valence-corrected chi connectivity index (χ2v) is 4.56. The van der Waals surface area contributed by atoms with Crippen LogP contribution in [0.5, 0.6) is 0 Å². The van der Waals surface area contributed by atoms with Crippen LogP contribution in [0.3, 0.4) is 0 Å². The number of amides is 1. The van der Waals surface area contributed by atoms with Gasteiger partial charge in [-0.25, -0.2) is 0 Å². The first kappa shape index (κ1) is 13.0. The summed E-state index contributed by atoms with van der Waals surface area (Å²) in [5.74, 6) is 4.80. The Labute approximate surface area is 96.6 Å². The van der Waals surface area contributed by atoms with Gasteiger partial charge in [-0.1, -0.05) is 5.92 Å². The fourth-order valence-corrected chi connectivity index (χ4v) is 1.75. The van der Waals surface area contributed by atoms with Gasteiger partial charge in [0.15, 0.2) is 0 Å². The Morgan fingerprint density at radius 2 is 2.31 bits per heavy atom. The lowest BCUT2D eigenvalue weighted by atomic mass is 10.1. The standard InChI is InChI=1S/C12H19NO3/c1-12(2,15)7-6-11(14)13-8-4-5-10(13)9-16-3/h10,15H,4-5,8-9H2,1-3H3/t10-/m1/s1. The van der Waals surface area contributed by atoms with Crippen LogP contribution in [0.25, 0.3) is 0 Å². The highest BCUT2D eigenvalue weighted by Gasteiger charge is 2.27. The predicted octanol–water partition coefficient (Wildman–Crippen LogP) is 0.398. The molecule has 0 aliphatic carbocycles. The van der Waals surface area contributed by atoms with E-state index >= 15 is 0 Å². The molecule has 0 aromatic carbocycles. The monoisotopic (exact) mass is 225 g/mol. The summed E-state index contributed by atoms with van der Waals surface area (Å²) in [6, 6.07) is 0.133. The SMILES string of the molecule is COC[C@H]1CCCN1C(=O)C#CC(C)(C)O. The minimum atomic E-state index is -1.12. The molecule has 0 unspecified atom stereocenters. The third kappa shape index (κ3) is 3.84. The van der Waals surface area contributed by atoms with Gasteiger partial charge in [-0.15, -0.1) is 0 Å². The molecular weight excluding hydrogens is 206 g/mol. The van der Waals surface area contributed by atoms with Crippen molar-refractivity contribution in [2.24, 2.45) is 0 Å². The zero-order valence-corrected chi connectivity index (χ0v) is 10.1.